The SMILES string of the molecule is CCn1ncc2c(NCC3CCCCC3)c3ccc(N)cc3nc21. The summed E-state index contributed by atoms with van der Waals surface area (Å²) in [7, 11) is 0. The van der Waals surface area contributed by atoms with Crippen molar-refractivity contribution in [1.82, 2.24) is 14.8 Å². The number of fused-ring (bicyclic) bond motifs is 2. The van der Waals surface area contributed by atoms with Gasteiger partial charge >= 0.3 is 0 Å². The van der Waals surface area contributed by atoms with Crippen LogP contribution in [0.4, 0.5) is 11.4 Å². The van der Waals surface area contributed by atoms with Gasteiger partial charge in [-0.3, -0.25) is 0 Å². The summed E-state index contributed by atoms with van der Waals surface area (Å²) in [6.07, 6.45) is 8.72. The molecule has 1 fully saturated rings. The van der Waals surface area contributed by atoms with Gasteiger partial charge in [-0.15, -0.1) is 0 Å². The number of nitrogen functional groups attached to an aromatic ring is 1. The summed E-state index contributed by atoms with van der Waals surface area (Å²) >= 11 is 0. The van der Waals surface area contributed by atoms with E-state index in [4.69, 9.17) is 10.7 Å². The van der Waals surface area contributed by atoms with Crippen LogP contribution >= 0.6 is 0 Å². The minimum atomic E-state index is 0.746. The third-order valence-electron chi connectivity index (χ3n) is 5.19. The first kappa shape index (κ1) is 15.2. The van der Waals surface area contributed by atoms with Crippen molar-refractivity contribution in [3.05, 3.63) is 24.4 Å². The lowest BCUT2D eigenvalue weighted by Gasteiger charge is -2.23. The molecular formula is C19H25N5. The highest BCUT2D eigenvalue weighted by atomic mass is 15.3. The quantitative estimate of drug-likeness (QED) is 0.707. The molecule has 24 heavy (non-hydrogen) atoms. The molecule has 0 bridgehead atoms. The molecule has 2 heterocycles. The molecule has 0 amide bonds. The zero-order valence-corrected chi connectivity index (χ0v) is 14.3. The molecule has 0 radical (unpaired) electrons. The van der Waals surface area contributed by atoms with E-state index in [-0.39, 0.29) is 0 Å². The molecule has 0 aliphatic heterocycles. The summed E-state index contributed by atoms with van der Waals surface area (Å²) in [6, 6.07) is 5.98. The number of hydrogen-bond acceptors (Lipinski definition) is 4. The number of benzene rings is 1. The van der Waals surface area contributed by atoms with Gasteiger partial charge in [-0.25, -0.2) is 9.67 Å². The summed E-state index contributed by atoms with van der Waals surface area (Å²) < 4.78 is 1.95. The average Bonchev–Trinajstić information content (AvgIpc) is 3.02. The number of pyridine rings is 1. The first-order chi connectivity index (χ1) is 11.8. The standard InChI is InChI=1S/C19H25N5/c1-2-24-19-16(12-22-24)18(21-11-13-6-4-3-5-7-13)15-9-8-14(20)10-17(15)23-19/h8-10,12-13H,2-7,11,20H2,1H3,(H,21,23). The fraction of sp³-hybridized carbons (Fsp3) is 0.474. The van der Waals surface area contributed by atoms with Gasteiger partial charge in [0.05, 0.1) is 22.8 Å². The number of rotatable bonds is 4. The van der Waals surface area contributed by atoms with Crippen molar-refractivity contribution in [2.75, 3.05) is 17.6 Å². The van der Waals surface area contributed by atoms with Crippen molar-refractivity contribution >= 4 is 33.3 Å². The van der Waals surface area contributed by atoms with Gasteiger partial charge in [0.1, 0.15) is 0 Å². The van der Waals surface area contributed by atoms with Gasteiger partial charge in [0.2, 0.25) is 0 Å². The molecule has 3 N–H and O–H groups in total. The molecular weight excluding hydrogens is 298 g/mol. The summed E-state index contributed by atoms with van der Waals surface area (Å²) in [5.41, 5.74) is 9.74. The largest absolute Gasteiger partial charge is 0.399 e. The van der Waals surface area contributed by atoms with E-state index in [2.05, 4.69) is 23.4 Å². The molecule has 1 aromatic carbocycles. The molecule has 0 saturated heterocycles. The second-order valence-corrected chi connectivity index (χ2v) is 6.85. The number of nitrogens with one attached hydrogen (secondary N) is 1. The van der Waals surface area contributed by atoms with E-state index in [0.717, 1.165) is 52.3 Å². The number of hydrogen-bond donors (Lipinski definition) is 2. The molecule has 0 spiro atoms. The zero-order valence-electron chi connectivity index (χ0n) is 14.3. The highest BCUT2D eigenvalue weighted by Crippen LogP contribution is 2.33. The van der Waals surface area contributed by atoms with Crippen LogP contribution in [0.3, 0.4) is 0 Å². The summed E-state index contributed by atoms with van der Waals surface area (Å²) in [5, 5.41) is 10.5. The number of nitrogens with zero attached hydrogens (tertiary/aromatic N) is 3. The van der Waals surface area contributed by atoms with Crippen LogP contribution in [0.25, 0.3) is 21.9 Å². The van der Waals surface area contributed by atoms with Crippen molar-refractivity contribution in [1.29, 1.82) is 0 Å². The number of anilines is 2. The Morgan fingerprint density at radius 2 is 2.04 bits per heavy atom. The molecule has 4 rings (SSSR count). The van der Waals surface area contributed by atoms with Crippen LogP contribution in [-0.2, 0) is 6.54 Å². The highest BCUT2D eigenvalue weighted by molar-refractivity contribution is 6.07. The van der Waals surface area contributed by atoms with E-state index in [1.807, 2.05) is 23.0 Å². The maximum absolute atomic E-state index is 5.97. The summed E-state index contributed by atoms with van der Waals surface area (Å²) in [4.78, 5) is 4.81. The van der Waals surface area contributed by atoms with Crippen molar-refractivity contribution in [2.24, 2.45) is 5.92 Å². The van der Waals surface area contributed by atoms with Crippen LogP contribution in [0.15, 0.2) is 24.4 Å². The second-order valence-electron chi connectivity index (χ2n) is 6.85. The van der Waals surface area contributed by atoms with Crippen molar-refractivity contribution < 1.29 is 0 Å². The van der Waals surface area contributed by atoms with Crippen molar-refractivity contribution in [3.8, 4) is 0 Å². The third-order valence-corrected chi connectivity index (χ3v) is 5.19. The maximum Gasteiger partial charge on any atom is 0.160 e. The lowest BCUT2D eigenvalue weighted by Crippen LogP contribution is -2.17. The average molecular weight is 323 g/mol. The van der Waals surface area contributed by atoms with E-state index in [9.17, 15) is 0 Å². The van der Waals surface area contributed by atoms with E-state index in [1.165, 1.54) is 32.1 Å². The molecule has 5 nitrogen and oxygen atoms in total. The van der Waals surface area contributed by atoms with Crippen molar-refractivity contribution in [3.63, 3.8) is 0 Å². The van der Waals surface area contributed by atoms with Crippen LogP contribution in [-0.4, -0.2) is 21.3 Å². The summed E-state index contributed by atoms with van der Waals surface area (Å²) in [6.45, 7) is 3.93. The van der Waals surface area contributed by atoms with Crippen LogP contribution in [0, 0.1) is 5.92 Å². The Morgan fingerprint density at radius 3 is 2.83 bits per heavy atom. The zero-order chi connectivity index (χ0) is 16.5. The molecule has 1 aliphatic carbocycles. The number of aromatic nitrogens is 3. The van der Waals surface area contributed by atoms with Gasteiger partial charge in [0.15, 0.2) is 5.65 Å². The van der Waals surface area contributed by atoms with Gasteiger partial charge in [-0.05, 0) is 43.9 Å². The Balaban J connectivity index is 1.78. The highest BCUT2D eigenvalue weighted by Gasteiger charge is 2.17. The maximum atomic E-state index is 5.97. The predicted octanol–water partition coefficient (Wildman–Crippen LogP) is 4.18. The normalized spacial score (nSPS) is 16.0. The van der Waals surface area contributed by atoms with Gasteiger partial charge in [0, 0.05) is 24.2 Å². The molecule has 126 valence electrons. The van der Waals surface area contributed by atoms with Crippen molar-refractivity contribution in [2.45, 2.75) is 45.6 Å². The fourth-order valence-corrected chi connectivity index (χ4v) is 3.84. The molecule has 5 heteroatoms. The minimum Gasteiger partial charge on any atom is -0.399 e. The molecule has 1 saturated carbocycles. The topological polar surface area (TPSA) is 68.8 Å². The fourth-order valence-electron chi connectivity index (χ4n) is 3.84. The first-order valence-electron chi connectivity index (χ1n) is 9.05. The smallest absolute Gasteiger partial charge is 0.160 e. The Morgan fingerprint density at radius 1 is 1.21 bits per heavy atom. The summed E-state index contributed by atoms with van der Waals surface area (Å²) in [5.74, 6) is 0.770. The second kappa shape index (κ2) is 6.30. The van der Waals surface area contributed by atoms with E-state index >= 15 is 0 Å². The number of aryl methyl sites for hydroxylation is 1. The van der Waals surface area contributed by atoms with Gasteiger partial charge in [-0.1, -0.05) is 19.3 Å². The molecule has 3 aromatic rings. The minimum absolute atomic E-state index is 0.746. The lowest BCUT2D eigenvalue weighted by atomic mass is 9.89. The predicted molar refractivity (Wildman–Crippen MR) is 100 cm³/mol. The van der Waals surface area contributed by atoms with Gasteiger partial charge in [0.25, 0.3) is 0 Å². The lowest BCUT2D eigenvalue weighted by molar-refractivity contribution is 0.373. The van der Waals surface area contributed by atoms with Crippen LogP contribution in [0.5, 0.6) is 0 Å². The molecule has 2 aromatic heterocycles. The van der Waals surface area contributed by atoms with Gasteiger partial charge in [-0.2, -0.15) is 5.10 Å². The monoisotopic (exact) mass is 323 g/mol. The molecule has 1 aliphatic rings. The molecule has 0 unspecified atom stereocenters. The number of nitrogens with two attached hydrogens (primary N) is 1. The van der Waals surface area contributed by atoms with Gasteiger partial charge < -0.3 is 11.1 Å². The van der Waals surface area contributed by atoms with Crippen LogP contribution in [0.1, 0.15) is 39.0 Å². The Kier molecular flexibility index (Phi) is 4.00. The Bertz CT molecular complexity index is 861. The van der Waals surface area contributed by atoms with Crippen LogP contribution in [0.2, 0.25) is 0 Å². The molecule has 0 atom stereocenters. The van der Waals surface area contributed by atoms with E-state index in [1.54, 1.807) is 0 Å². The first-order valence-corrected chi connectivity index (χ1v) is 9.05. The van der Waals surface area contributed by atoms with Crippen LogP contribution < -0.4 is 11.1 Å². The third kappa shape index (κ3) is 2.68. The Hall–Kier alpha value is -2.30. The Labute approximate surface area is 142 Å². The van der Waals surface area contributed by atoms with E-state index in [0.29, 0.717) is 0 Å². The van der Waals surface area contributed by atoms with E-state index < -0.39 is 0 Å².